The highest BCUT2D eigenvalue weighted by molar-refractivity contribution is 6.15. The number of ether oxygens (including phenoxy) is 4. The molecule has 0 atom stereocenters. The third kappa shape index (κ3) is 3.13. The van der Waals surface area contributed by atoms with E-state index in [1.165, 1.54) is 6.92 Å². The molecular weight excluding hydrogens is 336 g/mol. The maximum Gasteiger partial charge on any atom is 0.308 e. The molecule has 0 saturated heterocycles. The first-order valence-corrected chi connectivity index (χ1v) is 7.93. The average molecular weight is 354 g/mol. The van der Waals surface area contributed by atoms with Crippen LogP contribution in [0.25, 0.3) is 6.08 Å². The monoisotopic (exact) mass is 354 g/mol. The van der Waals surface area contributed by atoms with Crippen molar-refractivity contribution in [3.63, 3.8) is 0 Å². The zero-order valence-electron chi connectivity index (χ0n) is 14.9. The van der Waals surface area contributed by atoms with Crippen molar-refractivity contribution in [3.05, 3.63) is 52.8 Å². The third-order valence-electron chi connectivity index (χ3n) is 4.00. The number of benzene rings is 2. The molecule has 0 unspecified atom stereocenters. The molecule has 6 heteroatoms. The fourth-order valence-electron chi connectivity index (χ4n) is 2.73. The second-order valence-corrected chi connectivity index (χ2v) is 5.71. The van der Waals surface area contributed by atoms with E-state index in [-0.39, 0.29) is 11.5 Å². The van der Waals surface area contributed by atoms with Crippen LogP contribution in [0.3, 0.4) is 0 Å². The maximum atomic E-state index is 12.6. The topological polar surface area (TPSA) is 71.1 Å². The first-order chi connectivity index (χ1) is 12.4. The van der Waals surface area contributed by atoms with Gasteiger partial charge in [0.15, 0.2) is 17.3 Å². The van der Waals surface area contributed by atoms with E-state index < -0.39 is 5.97 Å². The summed E-state index contributed by atoms with van der Waals surface area (Å²) in [5, 5.41) is 0. The van der Waals surface area contributed by atoms with Gasteiger partial charge >= 0.3 is 5.97 Å². The maximum absolute atomic E-state index is 12.6. The van der Waals surface area contributed by atoms with Crippen molar-refractivity contribution in [1.29, 1.82) is 0 Å². The molecule has 6 nitrogen and oxygen atoms in total. The molecule has 1 aliphatic heterocycles. The van der Waals surface area contributed by atoms with Crippen LogP contribution in [0.15, 0.2) is 36.1 Å². The van der Waals surface area contributed by atoms with Gasteiger partial charge in [0, 0.05) is 12.5 Å². The minimum Gasteiger partial charge on any atom is -0.493 e. The summed E-state index contributed by atoms with van der Waals surface area (Å²) in [5.74, 6) is 1.45. The van der Waals surface area contributed by atoms with Gasteiger partial charge in [-0.05, 0) is 42.8 Å². The first kappa shape index (κ1) is 17.5. The molecule has 0 aliphatic carbocycles. The van der Waals surface area contributed by atoms with E-state index in [0.29, 0.717) is 34.1 Å². The van der Waals surface area contributed by atoms with Gasteiger partial charge in [0.1, 0.15) is 11.5 Å². The van der Waals surface area contributed by atoms with Gasteiger partial charge in [-0.15, -0.1) is 0 Å². The predicted molar refractivity (Wildman–Crippen MR) is 95.0 cm³/mol. The van der Waals surface area contributed by atoms with E-state index in [2.05, 4.69) is 0 Å². The number of carbonyl (C=O) groups is 2. The van der Waals surface area contributed by atoms with Gasteiger partial charge in [0.05, 0.1) is 19.8 Å². The largest absolute Gasteiger partial charge is 0.493 e. The van der Waals surface area contributed by atoms with Crippen molar-refractivity contribution in [2.24, 2.45) is 0 Å². The van der Waals surface area contributed by atoms with E-state index in [4.69, 9.17) is 18.9 Å². The molecule has 2 aromatic rings. The average Bonchev–Trinajstić information content (AvgIpc) is 2.93. The molecule has 0 saturated carbocycles. The van der Waals surface area contributed by atoms with Gasteiger partial charge in [-0.2, -0.15) is 0 Å². The number of fused-ring (bicyclic) bond motifs is 1. The summed E-state index contributed by atoms with van der Waals surface area (Å²) in [6.45, 7) is 3.06. The summed E-state index contributed by atoms with van der Waals surface area (Å²) in [6, 6.07) is 8.49. The van der Waals surface area contributed by atoms with Gasteiger partial charge < -0.3 is 18.9 Å². The number of hydrogen-bond donors (Lipinski definition) is 0. The van der Waals surface area contributed by atoms with Crippen molar-refractivity contribution >= 4 is 17.8 Å². The Morgan fingerprint density at radius 1 is 1.04 bits per heavy atom. The van der Waals surface area contributed by atoms with Crippen LogP contribution in [-0.4, -0.2) is 26.0 Å². The van der Waals surface area contributed by atoms with Crippen molar-refractivity contribution in [1.82, 2.24) is 0 Å². The molecule has 2 aromatic carbocycles. The predicted octanol–water partition coefficient (Wildman–Crippen LogP) is 3.55. The molecular formula is C20H18O6. The zero-order chi connectivity index (χ0) is 18.8. The molecule has 1 heterocycles. The van der Waals surface area contributed by atoms with Crippen LogP contribution in [-0.2, 0) is 4.79 Å². The lowest BCUT2D eigenvalue weighted by Crippen LogP contribution is -2.03. The molecule has 134 valence electrons. The lowest BCUT2D eigenvalue weighted by Gasteiger charge is -2.09. The third-order valence-corrected chi connectivity index (χ3v) is 4.00. The molecule has 26 heavy (non-hydrogen) atoms. The smallest absolute Gasteiger partial charge is 0.308 e. The number of ketones is 1. The highest BCUT2D eigenvalue weighted by Crippen LogP contribution is 2.39. The molecule has 3 rings (SSSR count). The summed E-state index contributed by atoms with van der Waals surface area (Å²) in [7, 11) is 3.10. The molecule has 0 fully saturated rings. The van der Waals surface area contributed by atoms with E-state index in [1.54, 1.807) is 57.6 Å². The summed E-state index contributed by atoms with van der Waals surface area (Å²) in [6.07, 6.45) is 1.63. The Kier molecular flexibility index (Phi) is 4.67. The Labute approximate surface area is 150 Å². The molecule has 0 amide bonds. The SMILES string of the molecule is COc1ccc(C=C2Oc3c(ccc(OC(C)=O)c3C)C2=O)cc1OC. The fourth-order valence-corrected chi connectivity index (χ4v) is 2.73. The fraction of sp³-hybridized carbons (Fsp3) is 0.200. The van der Waals surface area contributed by atoms with Crippen LogP contribution >= 0.6 is 0 Å². The van der Waals surface area contributed by atoms with Crippen molar-refractivity contribution < 1.29 is 28.5 Å². The summed E-state index contributed by atoms with van der Waals surface area (Å²) in [4.78, 5) is 23.8. The van der Waals surface area contributed by atoms with Gasteiger partial charge in [0.25, 0.3) is 0 Å². The van der Waals surface area contributed by atoms with Crippen LogP contribution in [0.5, 0.6) is 23.0 Å². The van der Waals surface area contributed by atoms with Gasteiger partial charge in [-0.25, -0.2) is 0 Å². The second-order valence-electron chi connectivity index (χ2n) is 5.71. The number of carbonyl (C=O) groups excluding carboxylic acids is 2. The van der Waals surface area contributed by atoms with Gasteiger partial charge in [-0.3, -0.25) is 9.59 Å². The highest BCUT2D eigenvalue weighted by atomic mass is 16.5. The Morgan fingerprint density at radius 2 is 1.73 bits per heavy atom. The number of hydrogen-bond acceptors (Lipinski definition) is 6. The highest BCUT2D eigenvalue weighted by Gasteiger charge is 2.30. The van der Waals surface area contributed by atoms with Crippen LogP contribution in [0.1, 0.15) is 28.4 Å². The van der Waals surface area contributed by atoms with E-state index in [1.807, 2.05) is 0 Å². The van der Waals surface area contributed by atoms with Crippen LogP contribution in [0, 0.1) is 6.92 Å². The second kappa shape index (κ2) is 6.92. The lowest BCUT2D eigenvalue weighted by molar-refractivity contribution is -0.131. The zero-order valence-corrected chi connectivity index (χ0v) is 14.9. The molecule has 0 aromatic heterocycles. The van der Waals surface area contributed by atoms with Crippen molar-refractivity contribution in [3.8, 4) is 23.0 Å². The van der Waals surface area contributed by atoms with Crippen LogP contribution < -0.4 is 18.9 Å². The van der Waals surface area contributed by atoms with Gasteiger partial charge in [0.2, 0.25) is 5.78 Å². The van der Waals surface area contributed by atoms with Gasteiger partial charge in [-0.1, -0.05) is 6.07 Å². The Balaban J connectivity index is 1.96. The first-order valence-electron chi connectivity index (χ1n) is 7.93. The normalized spacial score (nSPS) is 14.0. The van der Waals surface area contributed by atoms with E-state index in [0.717, 1.165) is 5.56 Å². The summed E-state index contributed by atoms with van der Waals surface area (Å²) >= 11 is 0. The summed E-state index contributed by atoms with van der Waals surface area (Å²) < 4.78 is 21.4. The van der Waals surface area contributed by atoms with E-state index in [9.17, 15) is 9.59 Å². The molecule has 0 bridgehead atoms. The molecule has 1 aliphatic rings. The van der Waals surface area contributed by atoms with Crippen molar-refractivity contribution in [2.75, 3.05) is 14.2 Å². The minimum absolute atomic E-state index is 0.190. The number of Topliss-reactive ketones (excluding diaryl/α,β-unsaturated/α-hetero) is 1. The Bertz CT molecular complexity index is 926. The van der Waals surface area contributed by atoms with Crippen LogP contribution in [0.2, 0.25) is 0 Å². The Hall–Kier alpha value is -3.28. The standard InChI is InChI=1S/C20H18O6/c1-11-15(25-12(2)21)8-6-14-19(22)18(26-20(11)14)10-13-5-7-16(23-3)17(9-13)24-4/h5-10H,1-4H3. The quantitative estimate of drug-likeness (QED) is 0.475. The van der Waals surface area contributed by atoms with Crippen molar-refractivity contribution in [2.45, 2.75) is 13.8 Å². The number of methoxy groups -OCH3 is 2. The lowest BCUT2D eigenvalue weighted by atomic mass is 10.1. The number of allylic oxidation sites excluding steroid dienone is 1. The molecule has 0 radical (unpaired) electrons. The molecule has 0 spiro atoms. The van der Waals surface area contributed by atoms with Crippen LogP contribution in [0.4, 0.5) is 0 Å². The summed E-state index contributed by atoms with van der Waals surface area (Å²) in [5.41, 5.74) is 1.77. The number of rotatable bonds is 4. The number of esters is 1. The molecule has 0 N–H and O–H groups in total. The Morgan fingerprint density at radius 3 is 2.38 bits per heavy atom. The van der Waals surface area contributed by atoms with E-state index >= 15 is 0 Å². The minimum atomic E-state index is -0.432.